The Morgan fingerprint density at radius 2 is 1.75 bits per heavy atom. The third-order valence-corrected chi connectivity index (χ3v) is 6.61. The summed E-state index contributed by atoms with van der Waals surface area (Å²) in [4.78, 5) is 31.3. The third-order valence-electron chi connectivity index (χ3n) is 5.47. The van der Waals surface area contributed by atoms with Crippen molar-refractivity contribution in [3.8, 4) is 0 Å². The van der Waals surface area contributed by atoms with E-state index in [0.29, 0.717) is 24.2 Å². The molecule has 0 bridgehead atoms. The maximum absolute atomic E-state index is 13.6. The zero-order valence-corrected chi connectivity index (χ0v) is 19.5. The lowest BCUT2D eigenvalue weighted by atomic mass is 10.1. The van der Waals surface area contributed by atoms with Crippen molar-refractivity contribution in [3.63, 3.8) is 0 Å². The summed E-state index contributed by atoms with van der Waals surface area (Å²) in [5.41, 5.74) is 4.23. The lowest BCUT2D eigenvalue weighted by Crippen LogP contribution is -3.06. The highest BCUT2D eigenvalue weighted by atomic mass is 32.2. The van der Waals surface area contributed by atoms with Crippen LogP contribution in [0.5, 0.6) is 0 Å². The standard InChI is InChI=1S/C26H27N3O2S/c1-18-8-10-19(11-9-18)17-29-22-16-20(25(30)27-14-15-28(2)3)12-13-24(22)32-23-7-5-4-6-21(23)26(29)31/h4-13,16H,14-15,17H2,1-3H3,(H,27,30)/p+1. The summed E-state index contributed by atoms with van der Waals surface area (Å²) < 4.78 is 0. The van der Waals surface area contributed by atoms with Crippen molar-refractivity contribution in [3.05, 3.63) is 89.0 Å². The Labute approximate surface area is 193 Å². The number of likely N-dealkylation sites (N-methyl/N-ethyl adjacent to an activating group) is 1. The third kappa shape index (κ3) is 4.87. The van der Waals surface area contributed by atoms with Gasteiger partial charge in [0.25, 0.3) is 11.8 Å². The Hall–Kier alpha value is -3.09. The summed E-state index contributed by atoms with van der Waals surface area (Å²) in [7, 11) is 4.11. The lowest BCUT2D eigenvalue weighted by Gasteiger charge is -2.24. The van der Waals surface area contributed by atoms with Crippen molar-refractivity contribution in [1.82, 2.24) is 5.32 Å². The molecule has 0 unspecified atom stereocenters. The summed E-state index contributed by atoms with van der Waals surface area (Å²) in [6.45, 7) is 3.94. The van der Waals surface area contributed by atoms with Crippen LogP contribution in [0.3, 0.4) is 0 Å². The Morgan fingerprint density at radius 3 is 2.50 bits per heavy atom. The first-order valence-electron chi connectivity index (χ1n) is 10.8. The molecule has 2 N–H and O–H groups in total. The molecule has 1 heterocycles. The van der Waals surface area contributed by atoms with Crippen molar-refractivity contribution in [2.75, 3.05) is 32.1 Å². The molecule has 32 heavy (non-hydrogen) atoms. The highest BCUT2D eigenvalue weighted by molar-refractivity contribution is 7.99. The summed E-state index contributed by atoms with van der Waals surface area (Å²) in [5.74, 6) is -0.176. The molecular weight excluding hydrogens is 418 g/mol. The highest BCUT2D eigenvalue weighted by Crippen LogP contribution is 2.42. The van der Waals surface area contributed by atoms with Crippen molar-refractivity contribution < 1.29 is 14.5 Å². The van der Waals surface area contributed by atoms with Gasteiger partial charge in [-0.2, -0.15) is 0 Å². The van der Waals surface area contributed by atoms with Crippen molar-refractivity contribution in [1.29, 1.82) is 0 Å². The Morgan fingerprint density at radius 1 is 1.00 bits per heavy atom. The molecular formula is C26H28N3O2S+. The fourth-order valence-electron chi connectivity index (χ4n) is 3.62. The van der Waals surface area contributed by atoms with Crippen LogP contribution >= 0.6 is 11.8 Å². The Balaban J connectivity index is 1.71. The van der Waals surface area contributed by atoms with E-state index in [0.717, 1.165) is 27.6 Å². The van der Waals surface area contributed by atoms with E-state index in [4.69, 9.17) is 0 Å². The predicted molar refractivity (Wildman–Crippen MR) is 129 cm³/mol. The second-order valence-corrected chi connectivity index (χ2v) is 9.45. The highest BCUT2D eigenvalue weighted by Gasteiger charge is 2.28. The van der Waals surface area contributed by atoms with Crippen LogP contribution in [0.25, 0.3) is 0 Å². The van der Waals surface area contributed by atoms with Gasteiger partial charge in [-0.1, -0.05) is 53.7 Å². The smallest absolute Gasteiger partial charge is 0.259 e. The van der Waals surface area contributed by atoms with Gasteiger partial charge in [0.1, 0.15) is 0 Å². The molecule has 1 aliphatic heterocycles. The Kier molecular flexibility index (Phi) is 6.63. The van der Waals surface area contributed by atoms with Gasteiger partial charge in [-0.05, 0) is 42.8 Å². The van der Waals surface area contributed by atoms with Crippen LogP contribution < -0.4 is 15.1 Å². The zero-order chi connectivity index (χ0) is 22.7. The number of nitrogens with zero attached hydrogens (tertiary/aromatic N) is 1. The first kappa shape index (κ1) is 22.1. The predicted octanol–water partition coefficient (Wildman–Crippen LogP) is 3.18. The van der Waals surface area contributed by atoms with E-state index in [2.05, 4.69) is 31.5 Å². The summed E-state index contributed by atoms with van der Waals surface area (Å²) in [6.07, 6.45) is 0. The number of carbonyl (C=O) groups is 2. The number of benzene rings is 3. The molecule has 6 heteroatoms. The maximum atomic E-state index is 13.6. The number of hydrogen-bond acceptors (Lipinski definition) is 3. The van der Waals surface area contributed by atoms with Crippen LogP contribution in [-0.4, -0.2) is 39.0 Å². The summed E-state index contributed by atoms with van der Waals surface area (Å²) in [5, 5.41) is 2.98. The van der Waals surface area contributed by atoms with Gasteiger partial charge in [0.05, 0.1) is 45.0 Å². The molecule has 1 aliphatic rings. The number of anilines is 1. The second-order valence-electron chi connectivity index (χ2n) is 8.37. The van der Waals surface area contributed by atoms with Crippen molar-refractivity contribution >= 4 is 29.3 Å². The molecule has 4 rings (SSSR count). The minimum absolute atomic E-state index is 0.0545. The van der Waals surface area contributed by atoms with E-state index in [1.807, 2.05) is 61.5 Å². The fraction of sp³-hybridized carbons (Fsp3) is 0.231. The minimum Gasteiger partial charge on any atom is -0.346 e. The first-order valence-corrected chi connectivity index (χ1v) is 11.6. The molecule has 0 spiro atoms. The van der Waals surface area contributed by atoms with E-state index in [1.165, 1.54) is 10.5 Å². The van der Waals surface area contributed by atoms with Gasteiger partial charge < -0.3 is 15.1 Å². The van der Waals surface area contributed by atoms with E-state index < -0.39 is 0 Å². The van der Waals surface area contributed by atoms with Crippen molar-refractivity contribution in [2.24, 2.45) is 0 Å². The van der Waals surface area contributed by atoms with Gasteiger partial charge >= 0.3 is 0 Å². The van der Waals surface area contributed by atoms with Gasteiger partial charge in [-0.25, -0.2) is 0 Å². The van der Waals surface area contributed by atoms with Gasteiger partial charge in [0, 0.05) is 15.4 Å². The molecule has 5 nitrogen and oxygen atoms in total. The lowest BCUT2D eigenvalue weighted by molar-refractivity contribution is -0.856. The topological polar surface area (TPSA) is 53.9 Å². The van der Waals surface area contributed by atoms with E-state index in [9.17, 15) is 9.59 Å². The normalized spacial score (nSPS) is 12.9. The first-order chi connectivity index (χ1) is 15.4. The van der Waals surface area contributed by atoms with Crippen molar-refractivity contribution in [2.45, 2.75) is 23.3 Å². The molecule has 0 aromatic heterocycles. The fourth-order valence-corrected chi connectivity index (χ4v) is 4.68. The number of hydrogen-bond donors (Lipinski definition) is 2. The van der Waals surface area contributed by atoms with Crippen LogP contribution in [0.2, 0.25) is 0 Å². The van der Waals surface area contributed by atoms with Gasteiger partial charge in [0.15, 0.2) is 0 Å². The molecule has 3 aromatic rings. The minimum atomic E-state index is -0.122. The van der Waals surface area contributed by atoms with E-state index in [1.54, 1.807) is 16.7 Å². The number of fused-ring (bicyclic) bond motifs is 2. The zero-order valence-electron chi connectivity index (χ0n) is 18.6. The van der Waals surface area contributed by atoms with E-state index in [-0.39, 0.29) is 11.8 Å². The molecule has 0 saturated heterocycles. The van der Waals surface area contributed by atoms with E-state index >= 15 is 0 Å². The molecule has 0 saturated carbocycles. The SMILES string of the molecule is Cc1ccc(CN2C(=O)c3ccccc3Sc3ccc(C(=O)NCC[NH+](C)C)cc32)cc1. The molecule has 0 fully saturated rings. The van der Waals surface area contributed by atoms with Gasteiger partial charge in [0.2, 0.25) is 0 Å². The quantitative estimate of drug-likeness (QED) is 0.612. The average molecular weight is 447 g/mol. The number of quaternary nitrogens is 1. The number of aryl methyl sites for hydroxylation is 1. The Bertz CT molecular complexity index is 1140. The number of nitrogens with one attached hydrogen (secondary N) is 2. The van der Waals surface area contributed by atoms with Gasteiger partial charge in [-0.15, -0.1) is 0 Å². The largest absolute Gasteiger partial charge is 0.346 e. The molecule has 2 amide bonds. The molecule has 3 aromatic carbocycles. The molecule has 0 aliphatic carbocycles. The molecule has 0 atom stereocenters. The molecule has 0 radical (unpaired) electrons. The molecule has 164 valence electrons. The van der Waals surface area contributed by atoms with Crippen LogP contribution in [0.4, 0.5) is 5.69 Å². The monoisotopic (exact) mass is 446 g/mol. The van der Waals surface area contributed by atoms with Crippen LogP contribution in [0, 0.1) is 6.92 Å². The number of carbonyl (C=O) groups excluding carboxylic acids is 2. The van der Waals surface area contributed by atoms with Crippen LogP contribution in [0.15, 0.2) is 76.5 Å². The summed E-state index contributed by atoms with van der Waals surface area (Å²) in [6, 6.07) is 21.5. The summed E-state index contributed by atoms with van der Waals surface area (Å²) >= 11 is 1.57. The number of rotatable bonds is 6. The average Bonchev–Trinajstić information content (AvgIpc) is 2.89. The van der Waals surface area contributed by atoms with Crippen LogP contribution in [-0.2, 0) is 6.54 Å². The second kappa shape index (κ2) is 9.59. The van der Waals surface area contributed by atoms with Crippen LogP contribution in [0.1, 0.15) is 31.8 Å². The number of amides is 2. The maximum Gasteiger partial charge on any atom is 0.259 e. The van der Waals surface area contributed by atoms with Gasteiger partial charge in [-0.3, -0.25) is 9.59 Å².